The van der Waals surface area contributed by atoms with Gasteiger partial charge in [0.1, 0.15) is 0 Å². The molecule has 5 nitrogen and oxygen atoms in total. The second-order valence-corrected chi connectivity index (χ2v) is 7.47. The maximum Gasteiger partial charge on any atom is 0.303 e. The molecular weight excluding hydrogens is 373 g/mol. The highest BCUT2D eigenvalue weighted by atomic mass is 35.5. The highest BCUT2D eigenvalue weighted by molar-refractivity contribution is 6.52. The fourth-order valence-corrected chi connectivity index (χ4v) is 3.92. The van der Waals surface area contributed by atoms with Crippen LogP contribution >= 0.6 is 23.2 Å². The monoisotopic (exact) mass is 390 g/mol. The highest BCUT2D eigenvalue weighted by Crippen LogP contribution is 2.30. The Morgan fingerprint density at radius 3 is 2.42 bits per heavy atom. The third-order valence-electron chi connectivity index (χ3n) is 4.96. The van der Waals surface area contributed by atoms with Crippen LogP contribution in [0, 0.1) is 0 Å². The van der Waals surface area contributed by atoms with Crippen molar-refractivity contribution in [3.63, 3.8) is 0 Å². The Bertz CT molecular complexity index is 879. The molecular formula is C19H18Cl2N3O2+. The first-order valence-corrected chi connectivity index (χ1v) is 9.28. The summed E-state index contributed by atoms with van der Waals surface area (Å²) in [6.45, 7) is 4.00. The third-order valence-corrected chi connectivity index (χ3v) is 5.43. The first-order chi connectivity index (χ1) is 12.5. The molecule has 7 heteroatoms. The summed E-state index contributed by atoms with van der Waals surface area (Å²) in [6, 6.07) is 12.9. The van der Waals surface area contributed by atoms with Crippen LogP contribution in [-0.4, -0.2) is 44.5 Å². The summed E-state index contributed by atoms with van der Waals surface area (Å²) in [4.78, 5) is 29.7. The number of ketones is 1. The summed E-state index contributed by atoms with van der Waals surface area (Å²) in [5, 5.41) is 1.20. The lowest BCUT2D eigenvalue weighted by molar-refractivity contribution is -0.899. The van der Waals surface area contributed by atoms with Gasteiger partial charge in [0.05, 0.1) is 37.4 Å². The number of fused-ring (bicyclic) bond motifs is 1. The minimum Gasteiger partial charge on any atom is -0.360 e. The molecule has 0 atom stereocenters. The molecule has 1 amide bonds. The molecule has 0 saturated carbocycles. The van der Waals surface area contributed by atoms with Crippen molar-refractivity contribution in [2.75, 3.05) is 42.6 Å². The molecule has 0 aliphatic carbocycles. The van der Waals surface area contributed by atoms with Gasteiger partial charge >= 0.3 is 5.91 Å². The van der Waals surface area contributed by atoms with Gasteiger partial charge in [-0.25, -0.2) is 0 Å². The Kier molecular flexibility index (Phi) is 4.61. The number of halogens is 2. The zero-order chi connectivity index (χ0) is 18.3. The molecule has 134 valence electrons. The van der Waals surface area contributed by atoms with E-state index in [1.54, 1.807) is 23.1 Å². The van der Waals surface area contributed by atoms with Crippen LogP contribution in [0.5, 0.6) is 0 Å². The SMILES string of the molecule is O=C1C(=O)N(C[NH+]2CCN(c3cccc(Cl)c3)CC2)c2ccc(Cl)cc21. The molecule has 4 rings (SSSR count). The van der Waals surface area contributed by atoms with Crippen LogP contribution in [0.15, 0.2) is 42.5 Å². The number of piperazine rings is 1. The molecule has 2 aliphatic heterocycles. The number of amides is 1. The Morgan fingerprint density at radius 2 is 1.69 bits per heavy atom. The van der Waals surface area contributed by atoms with E-state index in [0.29, 0.717) is 22.9 Å². The number of anilines is 2. The van der Waals surface area contributed by atoms with E-state index in [1.165, 1.54) is 4.90 Å². The van der Waals surface area contributed by atoms with E-state index in [9.17, 15) is 9.59 Å². The average Bonchev–Trinajstić information content (AvgIpc) is 2.87. The molecule has 2 aromatic carbocycles. The molecule has 0 spiro atoms. The number of quaternary nitrogens is 1. The fourth-order valence-electron chi connectivity index (χ4n) is 3.57. The standard InChI is InChI=1S/C19H17Cl2N3O2/c20-13-2-1-3-15(10-13)23-8-6-22(7-9-23)12-24-17-5-4-14(21)11-16(17)18(25)19(24)26/h1-5,10-11H,6-9,12H2/p+1. The second-order valence-electron chi connectivity index (χ2n) is 6.60. The van der Waals surface area contributed by atoms with E-state index in [2.05, 4.69) is 11.0 Å². The van der Waals surface area contributed by atoms with Crippen LogP contribution in [0.2, 0.25) is 10.0 Å². The van der Waals surface area contributed by atoms with Crippen LogP contribution < -0.4 is 14.7 Å². The number of rotatable bonds is 3. The van der Waals surface area contributed by atoms with Gasteiger partial charge in [0.2, 0.25) is 0 Å². The largest absolute Gasteiger partial charge is 0.360 e. The molecule has 0 aromatic heterocycles. The maximum absolute atomic E-state index is 12.4. The number of nitrogens with one attached hydrogen (secondary N) is 1. The van der Waals surface area contributed by atoms with Gasteiger partial charge in [0.25, 0.3) is 5.78 Å². The van der Waals surface area contributed by atoms with E-state index in [1.807, 2.05) is 18.2 Å². The van der Waals surface area contributed by atoms with Crippen LogP contribution in [0.3, 0.4) is 0 Å². The second kappa shape index (κ2) is 6.91. The molecule has 0 radical (unpaired) electrons. The minimum absolute atomic E-state index is 0.402. The normalized spacial score (nSPS) is 17.8. The fraction of sp³-hybridized carbons (Fsp3) is 0.263. The van der Waals surface area contributed by atoms with E-state index in [-0.39, 0.29) is 0 Å². The lowest BCUT2D eigenvalue weighted by Crippen LogP contribution is -3.16. The lowest BCUT2D eigenvalue weighted by atomic mass is 10.1. The zero-order valence-electron chi connectivity index (χ0n) is 14.0. The predicted octanol–water partition coefficient (Wildman–Crippen LogP) is 1.89. The van der Waals surface area contributed by atoms with Gasteiger partial charge in [-0.3, -0.25) is 14.5 Å². The number of hydrogen-bond donors (Lipinski definition) is 1. The summed E-state index contributed by atoms with van der Waals surface area (Å²) in [5.41, 5.74) is 2.18. The lowest BCUT2D eigenvalue weighted by Gasteiger charge is -2.35. The highest BCUT2D eigenvalue weighted by Gasteiger charge is 2.38. The summed E-state index contributed by atoms with van der Waals surface area (Å²) >= 11 is 12.0. The summed E-state index contributed by atoms with van der Waals surface area (Å²) < 4.78 is 0. The summed E-state index contributed by atoms with van der Waals surface area (Å²) in [5.74, 6) is -0.938. The van der Waals surface area contributed by atoms with Crippen LogP contribution in [0.4, 0.5) is 11.4 Å². The number of hydrogen-bond acceptors (Lipinski definition) is 3. The first kappa shape index (κ1) is 17.3. The van der Waals surface area contributed by atoms with Gasteiger partial charge in [-0.05, 0) is 36.4 Å². The van der Waals surface area contributed by atoms with Gasteiger partial charge in [-0.1, -0.05) is 29.3 Å². The van der Waals surface area contributed by atoms with Crippen molar-refractivity contribution in [2.45, 2.75) is 0 Å². The molecule has 1 saturated heterocycles. The molecule has 2 aromatic rings. The van der Waals surface area contributed by atoms with Crippen molar-refractivity contribution in [1.82, 2.24) is 0 Å². The summed E-state index contributed by atoms with van der Waals surface area (Å²) in [7, 11) is 0. The molecule has 1 N–H and O–H groups in total. The van der Waals surface area contributed by atoms with E-state index in [0.717, 1.165) is 36.9 Å². The number of nitrogens with zero attached hydrogens (tertiary/aromatic N) is 2. The Hall–Kier alpha value is -2.08. The van der Waals surface area contributed by atoms with Crippen molar-refractivity contribution in [3.05, 3.63) is 58.1 Å². The van der Waals surface area contributed by atoms with Gasteiger partial charge in [-0.15, -0.1) is 0 Å². The van der Waals surface area contributed by atoms with Crippen molar-refractivity contribution < 1.29 is 14.5 Å². The average molecular weight is 391 g/mol. The third kappa shape index (κ3) is 3.18. The van der Waals surface area contributed by atoms with Crippen molar-refractivity contribution in [3.8, 4) is 0 Å². The van der Waals surface area contributed by atoms with E-state index < -0.39 is 11.7 Å². The Balaban J connectivity index is 1.44. The molecule has 1 fully saturated rings. The van der Waals surface area contributed by atoms with Gasteiger partial charge in [-0.2, -0.15) is 0 Å². The molecule has 26 heavy (non-hydrogen) atoms. The van der Waals surface area contributed by atoms with Crippen molar-refractivity contribution in [2.24, 2.45) is 0 Å². The number of benzene rings is 2. The van der Waals surface area contributed by atoms with E-state index >= 15 is 0 Å². The van der Waals surface area contributed by atoms with Crippen molar-refractivity contribution in [1.29, 1.82) is 0 Å². The Morgan fingerprint density at radius 1 is 0.962 bits per heavy atom. The predicted molar refractivity (Wildman–Crippen MR) is 102 cm³/mol. The van der Waals surface area contributed by atoms with Gasteiger partial charge in [0, 0.05) is 15.7 Å². The molecule has 2 heterocycles. The molecule has 2 aliphatic rings. The zero-order valence-corrected chi connectivity index (χ0v) is 15.6. The van der Waals surface area contributed by atoms with Gasteiger partial charge < -0.3 is 9.80 Å². The first-order valence-electron chi connectivity index (χ1n) is 8.53. The Labute approximate surface area is 161 Å². The molecule has 0 bridgehead atoms. The number of carbonyl (C=O) groups is 2. The summed E-state index contributed by atoms with van der Waals surface area (Å²) in [6.07, 6.45) is 0. The smallest absolute Gasteiger partial charge is 0.303 e. The van der Waals surface area contributed by atoms with Gasteiger partial charge in [0.15, 0.2) is 6.67 Å². The van der Waals surface area contributed by atoms with Crippen LogP contribution in [0.25, 0.3) is 0 Å². The van der Waals surface area contributed by atoms with Crippen LogP contribution in [0.1, 0.15) is 10.4 Å². The van der Waals surface area contributed by atoms with E-state index in [4.69, 9.17) is 23.2 Å². The quantitative estimate of drug-likeness (QED) is 0.813. The topological polar surface area (TPSA) is 45.1 Å². The number of Topliss-reactive ketones (excluding diaryl/α,β-unsaturated/α-hetero) is 1. The maximum atomic E-state index is 12.4. The van der Waals surface area contributed by atoms with Crippen molar-refractivity contribution >= 4 is 46.3 Å². The number of carbonyl (C=O) groups excluding carboxylic acids is 2. The minimum atomic E-state index is -0.473. The molecule has 0 unspecified atom stereocenters. The van der Waals surface area contributed by atoms with Crippen LogP contribution in [-0.2, 0) is 4.79 Å².